The van der Waals surface area contributed by atoms with E-state index in [2.05, 4.69) is 28.2 Å². The number of amides is 1. The molecule has 3 heteroatoms. The molecule has 1 N–H and O–H groups in total. The Morgan fingerprint density at radius 3 is 2.64 bits per heavy atom. The van der Waals surface area contributed by atoms with Crippen molar-refractivity contribution < 1.29 is 4.79 Å². The molecule has 0 saturated heterocycles. The molecule has 0 aliphatic heterocycles. The lowest BCUT2D eigenvalue weighted by molar-refractivity contribution is -0.121. The second-order valence-corrected chi connectivity index (χ2v) is 4.99. The van der Waals surface area contributed by atoms with E-state index in [4.69, 9.17) is 0 Å². The maximum absolute atomic E-state index is 11.4. The fourth-order valence-corrected chi connectivity index (χ4v) is 2.52. The van der Waals surface area contributed by atoms with E-state index < -0.39 is 0 Å². The molecule has 0 aromatic carbocycles. The molecule has 0 bridgehead atoms. The summed E-state index contributed by atoms with van der Waals surface area (Å²) in [6.07, 6.45) is 7.22. The van der Waals surface area contributed by atoms with Gasteiger partial charge in [0.15, 0.2) is 0 Å². The van der Waals surface area contributed by atoms with Crippen LogP contribution in [0.1, 0.15) is 45.4 Å². The highest BCUT2D eigenvalue weighted by atomic mass is 79.9. The van der Waals surface area contributed by atoms with Crippen LogP contribution in [0, 0.1) is 5.92 Å². The first-order chi connectivity index (χ1) is 6.74. The van der Waals surface area contributed by atoms with Crippen LogP contribution in [0.15, 0.2) is 0 Å². The van der Waals surface area contributed by atoms with E-state index in [1.807, 2.05) is 0 Å². The lowest BCUT2D eigenvalue weighted by atomic mass is 9.84. The molecule has 0 radical (unpaired) electrons. The molecule has 1 amide bonds. The number of alkyl halides is 1. The van der Waals surface area contributed by atoms with Crippen molar-refractivity contribution in [2.24, 2.45) is 5.92 Å². The fraction of sp³-hybridized carbons (Fsp3) is 0.909. The van der Waals surface area contributed by atoms with Gasteiger partial charge in [-0.15, -0.1) is 0 Å². The van der Waals surface area contributed by atoms with Crippen LogP contribution in [-0.4, -0.2) is 17.3 Å². The van der Waals surface area contributed by atoms with Crippen LogP contribution in [0.2, 0.25) is 0 Å². The highest BCUT2D eigenvalue weighted by Crippen LogP contribution is 2.26. The summed E-state index contributed by atoms with van der Waals surface area (Å²) in [7, 11) is 0. The molecule has 1 saturated carbocycles. The number of hydrogen-bond donors (Lipinski definition) is 1. The van der Waals surface area contributed by atoms with Gasteiger partial charge < -0.3 is 5.32 Å². The third-order valence-electron chi connectivity index (χ3n) is 3.07. The van der Waals surface area contributed by atoms with E-state index in [0.29, 0.717) is 18.4 Å². The molecule has 0 aromatic rings. The Hall–Kier alpha value is -0.0500. The Kier molecular flexibility index (Phi) is 5.53. The molecule has 1 atom stereocenters. The first-order valence-corrected chi connectivity index (χ1v) is 6.71. The highest BCUT2D eigenvalue weighted by molar-refractivity contribution is 9.09. The molecular weight excluding hydrogens is 242 g/mol. The fourth-order valence-electron chi connectivity index (χ4n) is 2.16. The Bertz CT molecular complexity index is 178. The molecule has 1 aliphatic rings. The maximum Gasteiger partial charge on any atom is 0.221 e. The van der Waals surface area contributed by atoms with Gasteiger partial charge in [-0.1, -0.05) is 35.2 Å². The van der Waals surface area contributed by atoms with Crippen LogP contribution >= 0.6 is 15.9 Å². The molecule has 1 aliphatic carbocycles. The Morgan fingerprint density at radius 2 is 2.07 bits per heavy atom. The molecule has 0 aromatic heterocycles. The smallest absolute Gasteiger partial charge is 0.221 e. The monoisotopic (exact) mass is 261 g/mol. The molecule has 0 heterocycles. The van der Waals surface area contributed by atoms with Gasteiger partial charge in [0.1, 0.15) is 0 Å². The van der Waals surface area contributed by atoms with E-state index >= 15 is 0 Å². The zero-order chi connectivity index (χ0) is 10.4. The van der Waals surface area contributed by atoms with E-state index in [9.17, 15) is 4.79 Å². The first-order valence-electron chi connectivity index (χ1n) is 5.59. The average Bonchev–Trinajstić information content (AvgIpc) is 2.19. The summed E-state index contributed by atoms with van der Waals surface area (Å²) in [5, 5.41) is 3.84. The Labute approximate surface area is 95.0 Å². The number of rotatable bonds is 4. The minimum absolute atomic E-state index is 0.181. The summed E-state index contributed by atoms with van der Waals surface area (Å²) >= 11 is 3.28. The summed E-state index contributed by atoms with van der Waals surface area (Å²) < 4.78 is 0. The van der Waals surface area contributed by atoms with Gasteiger partial charge >= 0.3 is 0 Å². The summed E-state index contributed by atoms with van der Waals surface area (Å²) in [6.45, 7) is 2.14. The number of halogens is 1. The van der Waals surface area contributed by atoms with E-state index in [0.717, 1.165) is 5.33 Å². The van der Waals surface area contributed by atoms with E-state index in [1.54, 1.807) is 0 Å². The third kappa shape index (κ3) is 3.99. The third-order valence-corrected chi connectivity index (χ3v) is 3.46. The molecule has 14 heavy (non-hydrogen) atoms. The summed E-state index contributed by atoms with van der Waals surface area (Å²) in [5.41, 5.74) is 0. The van der Waals surface area contributed by atoms with Crippen molar-refractivity contribution in [1.82, 2.24) is 5.32 Å². The second kappa shape index (κ2) is 6.44. The minimum Gasteiger partial charge on any atom is -0.353 e. The Morgan fingerprint density at radius 1 is 1.43 bits per heavy atom. The van der Waals surface area contributed by atoms with Crippen LogP contribution in [0.5, 0.6) is 0 Å². The first kappa shape index (κ1) is 12.0. The molecule has 0 spiro atoms. The number of carbonyl (C=O) groups excluding carboxylic acids is 1. The lowest BCUT2D eigenvalue weighted by Crippen LogP contribution is -2.38. The van der Waals surface area contributed by atoms with Crippen LogP contribution < -0.4 is 5.32 Å². The van der Waals surface area contributed by atoms with Crippen LogP contribution in [0.25, 0.3) is 0 Å². The van der Waals surface area contributed by atoms with Gasteiger partial charge in [0, 0.05) is 17.8 Å². The molecule has 1 rings (SSSR count). The summed E-state index contributed by atoms with van der Waals surface area (Å²) in [4.78, 5) is 11.4. The second-order valence-electron chi connectivity index (χ2n) is 4.19. The minimum atomic E-state index is 0.181. The largest absolute Gasteiger partial charge is 0.353 e. The zero-order valence-corrected chi connectivity index (χ0v) is 10.5. The van der Waals surface area contributed by atoms with Crippen LogP contribution in [0.3, 0.4) is 0 Å². The standard InChI is InChI=1S/C11H20BrNO/c1-9(13-11(14)7-8-12)10-5-3-2-4-6-10/h9-10H,2-8H2,1H3,(H,13,14)/t9-/m1/s1. The van der Waals surface area contributed by atoms with Crippen molar-refractivity contribution in [1.29, 1.82) is 0 Å². The predicted molar refractivity (Wildman–Crippen MR) is 62.6 cm³/mol. The van der Waals surface area contributed by atoms with Gasteiger partial charge in [-0.25, -0.2) is 0 Å². The molecule has 0 unspecified atom stereocenters. The quantitative estimate of drug-likeness (QED) is 0.775. The number of nitrogens with one attached hydrogen (secondary N) is 1. The zero-order valence-electron chi connectivity index (χ0n) is 8.89. The summed E-state index contributed by atoms with van der Waals surface area (Å²) in [5.74, 6) is 0.892. The topological polar surface area (TPSA) is 29.1 Å². The van der Waals surface area contributed by atoms with E-state index in [1.165, 1.54) is 32.1 Å². The van der Waals surface area contributed by atoms with Crippen LogP contribution in [-0.2, 0) is 4.79 Å². The average molecular weight is 262 g/mol. The van der Waals surface area contributed by atoms with Crippen molar-refractivity contribution in [3.05, 3.63) is 0 Å². The van der Waals surface area contributed by atoms with Gasteiger partial charge in [-0.2, -0.15) is 0 Å². The van der Waals surface area contributed by atoms with Gasteiger partial charge in [0.05, 0.1) is 0 Å². The van der Waals surface area contributed by atoms with Crippen molar-refractivity contribution in [2.75, 3.05) is 5.33 Å². The van der Waals surface area contributed by atoms with Crippen LogP contribution in [0.4, 0.5) is 0 Å². The molecular formula is C11H20BrNO. The van der Waals surface area contributed by atoms with Crippen molar-refractivity contribution in [3.63, 3.8) is 0 Å². The lowest BCUT2D eigenvalue weighted by Gasteiger charge is -2.28. The van der Waals surface area contributed by atoms with Gasteiger partial charge in [0.25, 0.3) is 0 Å². The van der Waals surface area contributed by atoms with Crippen molar-refractivity contribution in [3.8, 4) is 0 Å². The Balaban J connectivity index is 2.25. The summed E-state index contributed by atoms with van der Waals surface area (Å²) in [6, 6.07) is 0.363. The number of hydrogen-bond acceptors (Lipinski definition) is 1. The SMILES string of the molecule is C[C@@H](NC(=O)CCBr)C1CCCCC1. The van der Waals surface area contributed by atoms with Gasteiger partial charge in [0.2, 0.25) is 5.91 Å². The van der Waals surface area contributed by atoms with Gasteiger partial charge in [-0.05, 0) is 25.7 Å². The number of carbonyl (C=O) groups is 1. The molecule has 2 nitrogen and oxygen atoms in total. The highest BCUT2D eigenvalue weighted by Gasteiger charge is 2.20. The van der Waals surface area contributed by atoms with Gasteiger partial charge in [-0.3, -0.25) is 4.79 Å². The van der Waals surface area contributed by atoms with Crippen molar-refractivity contribution >= 4 is 21.8 Å². The molecule has 1 fully saturated rings. The maximum atomic E-state index is 11.4. The van der Waals surface area contributed by atoms with Crippen molar-refractivity contribution in [2.45, 2.75) is 51.5 Å². The molecule has 82 valence electrons. The normalized spacial score (nSPS) is 20.4. The van der Waals surface area contributed by atoms with E-state index in [-0.39, 0.29) is 5.91 Å². The predicted octanol–water partition coefficient (Wildman–Crippen LogP) is 2.86.